The lowest BCUT2D eigenvalue weighted by Gasteiger charge is -2.18. The maximum Gasteiger partial charge on any atom is 0.167 e. The Hall–Kier alpha value is -0.700. The highest BCUT2D eigenvalue weighted by atomic mass is 127. The minimum atomic E-state index is -1.14. The van der Waals surface area contributed by atoms with Crippen molar-refractivity contribution in [2.24, 2.45) is 0 Å². The van der Waals surface area contributed by atoms with Crippen molar-refractivity contribution >= 4 is 52.8 Å². The van der Waals surface area contributed by atoms with Crippen molar-refractivity contribution in [2.75, 3.05) is 25.2 Å². The first-order chi connectivity index (χ1) is 10.8. The van der Waals surface area contributed by atoms with Gasteiger partial charge in [0.05, 0.1) is 22.5 Å². The molecule has 2 aromatic heterocycles. The fourth-order valence-electron chi connectivity index (χ4n) is 2.70. The topological polar surface area (TPSA) is 99.1 Å². The Kier molecular flexibility index (Phi) is 4.70. The fourth-order valence-corrected chi connectivity index (χ4v) is 4.63. The molecule has 0 spiro atoms. The number of nitrogens with two attached hydrogens (primary N) is 1. The molecule has 0 radical (unpaired) electrons. The van der Waals surface area contributed by atoms with Crippen LogP contribution in [0.4, 0.5) is 5.82 Å². The third-order valence-electron chi connectivity index (χ3n) is 3.97. The molecule has 0 aliphatic carbocycles. The van der Waals surface area contributed by atoms with E-state index in [0.717, 1.165) is 12.6 Å². The van der Waals surface area contributed by atoms with E-state index in [-0.39, 0.29) is 16.3 Å². The van der Waals surface area contributed by atoms with Gasteiger partial charge in [-0.25, -0.2) is 15.0 Å². The van der Waals surface area contributed by atoms with Crippen molar-refractivity contribution in [2.45, 2.75) is 28.8 Å². The molecule has 7 nitrogen and oxygen atoms in total. The van der Waals surface area contributed by atoms with E-state index in [4.69, 9.17) is 10.5 Å². The van der Waals surface area contributed by atoms with Gasteiger partial charge in [0.25, 0.3) is 0 Å². The highest BCUT2D eigenvalue weighted by Gasteiger charge is 2.43. The molecule has 1 saturated heterocycles. The predicted molar refractivity (Wildman–Crippen MR) is 103 cm³/mol. The maximum absolute atomic E-state index is 10.5. The Labute approximate surface area is 148 Å². The van der Waals surface area contributed by atoms with Crippen LogP contribution in [0.5, 0.6) is 0 Å². The number of rotatable bonds is 4. The van der Waals surface area contributed by atoms with Crippen LogP contribution >= 0.6 is 29.5 Å². The average Bonchev–Trinajstić information content (AvgIpc) is 3.01. The largest absolute Gasteiger partial charge is 0.389 e. The minimum absolute atomic E-state index is 0.0857. The van der Waals surface area contributed by atoms with E-state index < -0.39 is 13.0 Å². The molecule has 0 amide bonds. The van der Waals surface area contributed by atoms with Gasteiger partial charge in [0.15, 0.2) is 17.7 Å². The number of alkyl halides is 1. The standard InChI is InChI=1S/C14H21IN5O2P/c1-23(2,3)5-4-8-11(21)9(15)14(22-8)20-7-19-10-12(16)17-6-18-13(10)20/h6-9,11,14,21H,1,4-5H2,2-3H3,(H2,16,17,18)/t8-,9-,11-,14?/m1/s1. The summed E-state index contributed by atoms with van der Waals surface area (Å²) < 4.78 is 7.87. The number of aliphatic hydroxyl groups is 1. The Morgan fingerprint density at radius 2 is 2.17 bits per heavy atom. The molecule has 2 aromatic rings. The second-order valence-electron chi connectivity index (χ2n) is 6.53. The minimum Gasteiger partial charge on any atom is -0.389 e. The van der Waals surface area contributed by atoms with Gasteiger partial charge in [0, 0.05) is 0 Å². The number of aliphatic hydroxyl groups excluding tert-OH is 1. The lowest BCUT2D eigenvalue weighted by atomic mass is 10.1. The average molecular weight is 449 g/mol. The van der Waals surface area contributed by atoms with E-state index in [1.165, 1.54) is 6.33 Å². The summed E-state index contributed by atoms with van der Waals surface area (Å²) in [6.45, 7) is 3.24. The molecule has 23 heavy (non-hydrogen) atoms. The SMILES string of the molecule is C=P(C)(C)CC[C@H]1OC(n2cnc3c(N)ncnc32)[C@H](I)[C@@H]1O. The molecule has 0 bridgehead atoms. The van der Waals surface area contributed by atoms with Crippen LogP contribution in [-0.4, -0.2) is 66.5 Å². The number of anilines is 1. The van der Waals surface area contributed by atoms with E-state index in [2.05, 4.69) is 57.2 Å². The number of ether oxygens (including phenoxy) is 1. The van der Waals surface area contributed by atoms with Crippen LogP contribution in [0.25, 0.3) is 11.2 Å². The predicted octanol–water partition coefficient (Wildman–Crippen LogP) is 1.57. The van der Waals surface area contributed by atoms with Crippen molar-refractivity contribution in [3.05, 3.63) is 12.7 Å². The molecule has 3 N–H and O–H groups in total. The van der Waals surface area contributed by atoms with E-state index in [1.54, 1.807) is 6.33 Å². The van der Waals surface area contributed by atoms with Crippen LogP contribution in [0.2, 0.25) is 0 Å². The summed E-state index contributed by atoms with van der Waals surface area (Å²) in [7, 11) is 0. The Bertz CT molecular complexity index is 761. The van der Waals surface area contributed by atoms with Gasteiger partial charge in [0.2, 0.25) is 0 Å². The first-order valence-corrected chi connectivity index (χ1v) is 11.7. The summed E-state index contributed by atoms with van der Waals surface area (Å²) in [5, 5.41) is 10.5. The monoisotopic (exact) mass is 449 g/mol. The second-order valence-corrected chi connectivity index (χ2v) is 12.3. The number of fused-ring (bicyclic) bond motifs is 1. The van der Waals surface area contributed by atoms with Gasteiger partial charge in [-0.1, -0.05) is 22.6 Å². The van der Waals surface area contributed by atoms with Crippen molar-refractivity contribution in [1.29, 1.82) is 0 Å². The molecule has 1 fully saturated rings. The normalized spacial score (nSPS) is 28.5. The van der Waals surface area contributed by atoms with Crippen LogP contribution in [0.15, 0.2) is 12.7 Å². The summed E-state index contributed by atoms with van der Waals surface area (Å²) in [6, 6.07) is 0. The third kappa shape index (κ3) is 3.40. The van der Waals surface area contributed by atoms with Gasteiger partial charge in [-0.2, -0.15) is 0 Å². The van der Waals surface area contributed by atoms with E-state index in [9.17, 15) is 5.11 Å². The van der Waals surface area contributed by atoms with E-state index >= 15 is 0 Å². The third-order valence-corrected chi connectivity index (χ3v) is 6.79. The van der Waals surface area contributed by atoms with E-state index in [0.29, 0.717) is 17.0 Å². The van der Waals surface area contributed by atoms with Gasteiger partial charge in [-0.15, -0.1) is 13.2 Å². The molecule has 0 saturated carbocycles. The summed E-state index contributed by atoms with van der Waals surface area (Å²) >= 11 is 2.23. The number of hydrogen-bond acceptors (Lipinski definition) is 6. The Balaban J connectivity index is 1.85. The zero-order valence-corrected chi connectivity index (χ0v) is 16.2. The van der Waals surface area contributed by atoms with Crippen molar-refractivity contribution in [1.82, 2.24) is 19.5 Å². The molecule has 4 atom stereocenters. The Morgan fingerprint density at radius 3 is 2.87 bits per heavy atom. The summed E-state index contributed by atoms with van der Waals surface area (Å²) in [4.78, 5) is 12.5. The molecular formula is C14H21IN5O2P. The van der Waals surface area contributed by atoms with Crippen LogP contribution in [0.3, 0.4) is 0 Å². The first-order valence-electron chi connectivity index (χ1n) is 7.36. The fraction of sp³-hybridized carbons (Fsp3) is 0.571. The van der Waals surface area contributed by atoms with Gasteiger partial charge in [-0.05, 0) is 25.9 Å². The molecule has 126 valence electrons. The molecular weight excluding hydrogens is 428 g/mol. The molecule has 3 rings (SSSR count). The van der Waals surface area contributed by atoms with Crippen LogP contribution in [0, 0.1) is 0 Å². The van der Waals surface area contributed by atoms with Gasteiger partial charge in [-0.3, -0.25) is 4.57 Å². The van der Waals surface area contributed by atoms with Gasteiger partial charge < -0.3 is 15.6 Å². The number of nitrogen functional groups attached to an aromatic ring is 1. The molecule has 9 heteroatoms. The number of halogens is 1. The summed E-state index contributed by atoms with van der Waals surface area (Å²) in [5.74, 6) is 0.345. The van der Waals surface area contributed by atoms with Crippen LogP contribution in [0.1, 0.15) is 12.6 Å². The highest BCUT2D eigenvalue weighted by Crippen LogP contribution is 2.41. The zero-order valence-electron chi connectivity index (χ0n) is 13.1. The van der Waals surface area contributed by atoms with Crippen molar-refractivity contribution in [3.63, 3.8) is 0 Å². The number of aromatic nitrogens is 4. The van der Waals surface area contributed by atoms with Gasteiger partial charge >= 0.3 is 0 Å². The Morgan fingerprint density at radius 1 is 1.43 bits per heavy atom. The van der Waals surface area contributed by atoms with E-state index in [1.807, 2.05) is 4.57 Å². The number of nitrogens with zero attached hydrogens (tertiary/aromatic N) is 4. The summed E-state index contributed by atoms with van der Waals surface area (Å²) in [6.07, 6.45) is 8.05. The first kappa shape index (κ1) is 17.1. The molecule has 1 unspecified atom stereocenters. The van der Waals surface area contributed by atoms with Crippen LogP contribution < -0.4 is 5.73 Å². The highest BCUT2D eigenvalue weighted by molar-refractivity contribution is 14.1. The van der Waals surface area contributed by atoms with Crippen LogP contribution in [-0.2, 0) is 4.74 Å². The zero-order chi connectivity index (χ0) is 16.8. The smallest absolute Gasteiger partial charge is 0.167 e. The lowest BCUT2D eigenvalue weighted by Crippen LogP contribution is -2.27. The second kappa shape index (κ2) is 6.31. The van der Waals surface area contributed by atoms with Crippen molar-refractivity contribution < 1.29 is 9.84 Å². The maximum atomic E-state index is 10.5. The van der Waals surface area contributed by atoms with Gasteiger partial charge in [0.1, 0.15) is 11.8 Å². The van der Waals surface area contributed by atoms with Crippen molar-refractivity contribution in [3.8, 4) is 0 Å². The molecule has 3 heterocycles. The number of imidazole rings is 1. The summed E-state index contributed by atoms with van der Waals surface area (Å²) in [5.41, 5.74) is 7.02. The molecule has 0 aromatic carbocycles. The molecule has 1 aliphatic heterocycles. The molecule has 1 aliphatic rings. The lowest BCUT2D eigenvalue weighted by molar-refractivity contribution is -0.0173. The quantitative estimate of drug-likeness (QED) is 0.418. The number of hydrogen-bond donors (Lipinski definition) is 2.